The Kier molecular flexibility index (Phi) is 5.84. The van der Waals surface area contributed by atoms with Crippen LogP contribution in [0.4, 0.5) is 0 Å². The molecule has 0 radical (unpaired) electrons. The minimum absolute atomic E-state index is 0.214. The highest BCUT2D eigenvalue weighted by Crippen LogP contribution is 2.18. The maximum absolute atomic E-state index is 12.4. The van der Waals surface area contributed by atoms with Gasteiger partial charge in [0.15, 0.2) is 0 Å². The molecule has 0 saturated carbocycles. The van der Waals surface area contributed by atoms with Crippen molar-refractivity contribution in [3.63, 3.8) is 0 Å². The predicted octanol–water partition coefficient (Wildman–Crippen LogP) is 1.81. The molecular weight excluding hydrogens is 366 g/mol. The lowest BCUT2D eigenvalue weighted by atomic mass is 9.98. The minimum atomic E-state index is -1.03. The SMILES string of the molecule is CC(C)(N)C(=O)N[C@@H](COCc1ccccc1)C1=NN=C2C=CC(Cl)=NC21. The monoisotopic (exact) mass is 387 g/mol. The summed E-state index contributed by atoms with van der Waals surface area (Å²) < 4.78 is 5.83. The number of benzene rings is 1. The number of aliphatic imine (C=N–C) groups is 1. The molecule has 27 heavy (non-hydrogen) atoms. The number of dihydropyridines is 1. The van der Waals surface area contributed by atoms with Crippen molar-refractivity contribution in [2.24, 2.45) is 20.9 Å². The second-order valence-electron chi connectivity index (χ2n) is 6.99. The number of halogens is 1. The molecule has 3 N–H and O–H groups in total. The van der Waals surface area contributed by atoms with Crippen LogP contribution in [-0.4, -0.2) is 46.7 Å². The lowest BCUT2D eigenvalue weighted by Crippen LogP contribution is -2.56. The lowest BCUT2D eigenvalue weighted by Gasteiger charge is -2.26. The Balaban J connectivity index is 1.72. The number of hydrogen-bond acceptors (Lipinski definition) is 6. The number of nitrogens with two attached hydrogens (primary N) is 1. The van der Waals surface area contributed by atoms with E-state index >= 15 is 0 Å². The van der Waals surface area contributed by atoms with Gasteiger partial charge in [-0.3, -0.25) is 9.79 Å². The highest BCUT2D eigenvalue weighted by atomic mass is 35.5. The van der Waals surface area contributed by atoms with E-state index in [2.05, 4.69) is 20.5 Å². The van der Waals surface area contributed by atoms with Crippen molar-refractivity contribution < 1.29 is 9.53 Å². The fourth-order valence-corrected chi connectivity index (χ4v) is 2.79. The van der Waals surface area contributed by atoms with Crippen molar-refractivity contribution in [2.75, 3.05) is 6.61 Å². The van der Waals surface area contributed by atoms with Crippen LogP contribution in [0.5, 0.6) is 0 Å². The van der Waals surface area contributed by atoms with Crippen LogP contribution in [0.2, 0.25) is 0 Å². The van der Waals surface area contributed by atoms with E-state index < -0.39 is 17.6 Å². The molecule has 0 fully saturated rings. The van der Waals surface area contributed by atoms with Gasteiger partial charge in [0.05, 0.1) is 36.2 Å². The Hall–Kier alpha value is -2.35. The maximum Gasteiger partial charge on any atom is 0.240 e. The summed E-state index contributed by atoms with van der Waals surface area (Å²) in [7, 11) is 0. The van der Waals surface area contributed by atoms with E-state index in [1.165, 1.54) is 0 Å². The first-order chi connectivity index (χ1) is 12.8. The van der Waals surface area contributed by atoms with E-state index in [0.717, 1.165) is 5.56 Å². The summed E-state index contributed by atoms with van der Waals surface area (Å²) in [5.41, 5.74) is 7.19. The Morgan fingerprint density at radius 3 is 2.74 bits per heavy atom. The first-order valence-electron chi connectivity index (χ1n) is 8.63. The highest BCUT2D eigenvalue weighted by molar-refractivity contribution is 6.69. The molecule has 8 heteroatoms. The lowest BCUT2D eigenvalue weighted by molar-refractivity contribution is -0.125. The molecule has 0 aromatic heterocycles. The third kappa shape index (κ3) is 4.88. The normalized spacial score (nSPS) is 19.7. The first-order valence-corrected chi connectivity index (χ1v) is 9.00. The quantitative estimate of drug-likeness (QED) is 0.745. The largest absolute Gasteiger partial charge is 0.374 e. The third-order valence-electron chi connectivity index (χ3n) is 4.13. The number of rotatable bonds is 7. The van der Waals surface area contributed by atoms with Crippen LogP contribution in [0, 0.1) is 0 Å². The molecule has 1 unspecified atom stereocenters. The second-order valence-corrected chi connectivity index (χ2v) is 7.37. The molecule has 142 valence electrons. The predicted molar refractivity (Wildman–Crippen MR) is 107 cm³/mol. The molecule has 0 aliphatic carbocycles. The molecule has 3 rings (SSSR count). The van der Waals surface area contributed by atoms with Gasteiger partial charge in [0.2, 0.25) is 5.91 Å². The van der Waals surface area contributed by atoms with Gasteiger partial charge in [-0.2, -0.15) is 10.2 Å². The standard InChI is InChI=1S/C19H22ClN5O2/c1-19(2,21)18(26)22-14(11-27-10-12-6-4-3-5-7-12)17-16-13(24-25-17)8-9-15(20)23-16/h3-9,14,16H,10-11,21H2,1-2H3,(H,22,26)/t14-,16?/m0/s1. The third-order valence-corrected chi connectivity index (χ3v) is 4.35. The first kappa shape index (κ1) is 19.4. The molecule has 0 bridgehead atoms. The second kappa shape index (κ2) is 8.12. The van der Waals surface area contributed by atoms with Gasteiger partial charge in [-0.1, -0.05) is 41.9 Å². The van der Waals surface area contributed by atoms with Crippen molar-refractivity contribution in [1.29, 1.82) is 0 Å². The summed E-state index contributed by atoms with van der Waals surface area (Å²) in [6.45, 7) is 3.91. The van der Waals surface area contributed by atoms with Crippen LogP contribution in [-0.2, 0) is 16.1 Å². The number of nitrogens with zero attached hydrogens (tertiary/aromatic N) is 3. The summed E-state index contributed by atoms with van der Waals surface area (Å²) in [6, 6.07) is 8.84. The zero-order valence-corrected chi connectivity index (χ0v) is 16.0. The molecule has 0 saturated heterocycles. The van der Waals surface area contributed by atoms with Gasteiger partial charge in [-0.05, 0) is 31.6 Å². The molecule has 7 nitrogen and oxygen atoms in total. The molecule has 2 aliphatic rings. The summed E-state index contributed by atoms with van der Waals surface area (Å²) in [5.74, 6) is -0.312. The van der Waals surface area contributed by atoms with Gasteiger partial charge in [-0.15, -0.1) is 0 Å². The van der Waals surface area contributed by atoms with E-state index in [0.29, 0.717) is 23.2 Å². The molecule has 1 aromatic carbocycles. The zero-order valence-electron chi connectivity index (χ0n) is 15.2. The van der Waals surface area contributed by atoms with Gasteiger partial charge in [0.25, 0.3) is 0 Å². The fraction of sp³-hybridized carbons (Fsp3) is 0.368. The average molecular weight is 388 g/mol. The average Bonchev–Trinajstić information content (AvgIpc) is 3.03. The molecule has 2 heterocycles. The summed E-state index contributed by atoms with van der Waals surface area (Å²) in [5, 5.41) is 11.6. The van der Waals surface area contributed by atoms with Crippen LogP contribution >= 0.6 is 11.6 Å². The van der Waals surface area contributed by atoms with Crippen LogP contribution in [0.1, 0.15) is 19.4 Å². The molecule has 1 aromatic rings. The van der Waals surface area contributed by atoms with E-state index in [9.17, 15) is 4.79 Å². The van der Waals surface area contributed by atoms with E-state index in [1.54, 1.807) is 26.0 Å². The molecule has 1 amide bonds. The Labute approximate surface area is 163 Å². The van der Waals surface area contributed by atoms with Gasteiger partial charge in [0, 0.05) is 0 Å². The number of allylic oxidation sites excluding steroid dienone is 1. The number of nitrogens with one attached hydrogen (secondary N) is 1. The van der Waals surface area contributed by atoms with Gasteiger partial charge in [0.1, 0.15) is 11.2 Å². The number of carbonyl (C=O) groups is 1. The maximum atomic E-state index is 12.4. The van der Waals surface area contributed by atoms with E-state index in [1.807, 2.05) is 30.3 Å². The molecule has 2 aliphatic heterocycles. The molecule has 0 spiro atoms. The minimum Gasteiger partial charge on any atom is -0.374 e. The zero-order chi connectivity index (χ0) is 19.4. The van der Waals surface area contributed by atoms with Gasteiger partial charge < -0.3 is 15.8 Å². The van der Waals surface area contributed by atoms with Gasteiger partial charge in [-0.25, -0.2) is 0 Å². The Morgan fingerprint density at radius 1 is 1.30 bits per heavy atom. The summed E-state index contributed by atoms with van der Waals surface area (Å²) >= 11 is 6.03. The fourth-order valence-electron chi connectivity index (χ4n) is 2.63. The summed E-state index contributed by atoms with van der Waals surface area (Å²) in [6.07, 6.45) is 3.44. The summed E-state index contributed by atoms with van der Waals surface area (Å²) in [4.78, 5) is 16.8. The van der Waals surface area contributed by atoms with Crippen molar-refractivity contribution in [3.8, 4) is 0 Å². The van der Waals surface area contributed by atoms with Crippen molar-refractivity contribution in [2.45, 2.75) is 38.1 Å². The number of ether oxygens (including phenoxy) is 1. The number of carbonyl (C=O) groups excluding carboxylic acids is 1. The number of fused-ring (bicyclic) bond motifs is 1. The topological polar surface area (TPSA) is 101 Å². The Bertz CT molecular complexity index is 824. The van der Waals surface area contributed by atoms with E-state index in [-0.39, 0.29) is 12.5 Å². The van der Waals surface area contributed by atoms with Crippen LogP contribution in [0.25, 0.3) is 0 Å². The molecular formula is C19H22ClN5O2. The smallest absolute Gasteiger partial charge is 0.240 e. The van der Waals surface area contributed by atoms with Crippen LogP contribution < -0.4 is 11.1 Å². The Morgan fingerprint density at radius 2 is 2.04 bits per heavy atom. The number of hydrogen-bond donors (Lipinski definition) is 2. The van der Waals surface area contributed by atoms with Gasteiger partial charge >= 0.3 is 0 Å². The van der Waals surface area contributed by atoms with Crippen LogP contribution in [0.3, 0.4) is 0 Å². The highest BCUT2D eigenvalue weighted by Gasteiger charge is 2.35. The van der Waals surface area contributed by atoms with Crippen molar-refractivity contribution in [3.05, 3.63) is 48.0 Å². The van der Waals surface area contributed by atoms with Crippen LogP contribution in [0.15, 0.2) is 57.7 Å². The molecule has 2 atom stereocenters. The van der Waals surface area contributed by atoms with Crippen molar-refractivity contribution >= 4 is 34.1 Å². The van der Waals surface area contributed by atoms with E-state index in [4.69, 9.17) is 22.1 Å². The van der Waals surface area contributed by atoms with Crippen molar-refractivity contribution in [1.82, 2.24) is 5.32 Å². The number of amides is 1.